The molecular weight excluding hydrogens is 277 g/mol. The Bertz CT molecular complexity index is 553. The van der Waals surface area contributed by atoms with E-state index < -0.39 is 18.2 Å². The van der Waals surface area contributed by atoms with Crippen molar-refractivity contribution < 1.29 is 14.0 Å². The highest BCUT2D eigenvalue weighted by Gasteiger charge is 2.51. The van der Waals surface area contributed by atoms with Crippen LogP contribution < -0.4 is 5.32 Å². The molecule has 0 unspecified atom stereocenters. The van der Waals surface area contributed by atoms with Crippen LogP contribution in [0, 0.1) is 0 Å². The second-order valence-corrected chi connectivity index (χ2v) is 5.55. The Morgan fingerprint density at radius 3 is 2.76 bits per heavy atom. The lowest BCUT2D eigenvalue weighted by Gasteiger charge is -2.30. The molecule has 0 radical (unpaired) electrons. The van der Waals surface area contributed by atoms with Crippen LogP contribution in [-0.2, 0) is 17.9 Å². The number of halogens is 1. The van der Waals surface area contributed by atoms with Crippen LogP contribution in [0.2, 0.25) is 0 Å². The number of carbonyl (C=O) groups is 2. The summed E-state index contributed by atoms with van der Waals surface area (Å²) in [5, 5.41) is 6.74. The summed E-state index contributed by atoms with van der Waals surface area (Å²) in [6, 6.07) is -0.392. The summed E-state index contributed by atoms with van der Waals surface area (Å²) in [5.74, 6) is 0.228. The van der Waals surface area contributed by atoms with Crippen molar-refractivity contribution in [2.45, 2.75) is 50.7 Å². The summed E-state index contributed by atoms with van der Waals surface area (Å²) in [6.07, 6.45) is 5.65. The predicted octanol–water partition coefficient (Wildman–Crippen LogP) is 1.00. The van der Waals surface area contributed by atoms with Crippen molar-refractivity contribution in [3.8, 4) is 0 Å². The molecule has 21 heavy (non-hydrogen) atoms. The molecule has 3 amide bonds. The van der Waals surface area contributed by atoms with Crippen molar-refractivity contribution in [2.75, 3.05) is 6.67 Å². The number of nitrogens with zero attached hydrogens (tertiary/aromatic N) is 4. The number of aryl methyl sites for hydroxylation is 1. The molecule has 1 aliphatic carbocycles. The van der Waals surface area contributed by atoms with Crippen LogP contribution in [0.25, 0.3) is 0 Å². The number of aromatic nitrogens is 3. The molecule has 2 aliphatic rings. The summed E-state index contributed by atoms with van der Waals surface area (Å²) in [4.78, 5) is 29.9. The van der Waals surface area contributed by atoms with E-state index in [1.807, 2.05) is 0 Å². The highest BCUT2D eigenvalue weighted by molar-refractivity contribution is 6.06. The molecular formula is C13H18FN5O2. The number of amides is 3. The Labute approximate surface area is 121 Å². The molecule has 1 saturated carbocycles. The van der Waals surface area contributed by atoms with Crippen LogP contribution >= 0.6 is 0 Å². The van der Waals surface area contributed by atoms with Crippen molar-refractivity contribution in [3.63, 3.8) is 0 Å². The summed E-state index contributed by atoms with van der Waals surface area (Å²) in [5.41, 5.74) is -0.736. The lowest BCUT2D eigenvalue weighted by Crippen LogP contribution is -2.48. The van der Waals surface area contributed by atoms with Crippen molar-refractivity contribution >= 4 is 11.9 Å². The largest absolute Gasteiger partial charge is 0.325 e. The predicted molar refractivity (Wildman–Crippen MR) is 70.9 cm³/mol. The molecule has 3 rings (SSSR count). The van der Waals surface area contributed by atoms with Gasteiger partial charge < -0.3 is 5.32 Å². The third kappa shape index (κ3) is 2.38. The van der Waals surface area contributed by atoms with E-state index in [9.17, 15) is 14.0 Å². The minimum Gasteiger partial charge on any atom is -0.323 e. The lowest BCUT2D eigenvalue weighted by atomic mass is 9.82. The monoisotopic (exact) mass is 295 g/mol. The summed E-state index contributed by atoms with van der Waals surface area (Å²) in [6.45, 7) is -0.461. The van der Waals surface area contributed by atoms with E-state index in [1.165, 1.54) is 15.9 Å². The fourth-order valence-electron chi connectivity index (χ4n) is 3.13. The highest BCUT2D eigenvalue weighted by atomic mass is 19.1. The summed E-state index contributed by atoms with van der Waals surface area (Å²) in [7, 11) is 0. The fraction of sp³-hybridized carbons (Fsp3) is 0.692. The van der Waals surface area contributed by atoms with Crippen LogP contribution in [-0.4, -0.2) is 43.8 Å². The van der Waals surface area contributed by atoms with Gasteiger partial charge in [0.15, 0.2) is 0 Å². The Balaban J connectivity index is 1.78. The first kappa shape index (κ1) is 14.0. The summed E-state index contributed by atoms with van der Waals surface area (Å²) >= 11 is 0. The Morgan fingerprint density at radius 2 is 2.05 bits per heavy atom. The van der Waals surface area contributed by atoms with E-state index in [0.717, 1.165) is 19.3 Å². The average molecular weight is 295 g/mol. The van der Waals surface area contributed by atoms with Crippen molar-refractivity contribution in [1.82, 2.24) is 25.0 Å². The Hall–Kier alpha value is -1.99. The molecule has 0 aromatic carbocycles. The van der Waals surface area contributed by atoms with Gasteiger partial charge in [0.2, 0.25) is 0 Å². The second-order valence-electron chi connectivity index (χ2n) is 5.55. The topological polar surface area (TPSA) is 80.1 Å². The number of hydrogen-bond acceptors (Lipinski definition) is 4. The molecule has 114 valence electrons. The first-order chi connectivity index (χ1) is 10.2. The number of alkyl halides is 1. The van der Waals surface area contributed by atoms with Crippen LogP contribution in [0.15, 0.2) is 6.33 Å². The van der Waals surface area contributed by atoms with Gasteiger partial charge in [-0.05, 0) is 12.8 Å². The van der Waals surface area contributed by atoms with Gasteiger partial charge in [0, 0.05) is 0 Å². The first-order valence-corrected chi connectivity index (χ1v) is 7.23. The van der Waals surface area contributed by atoms with Crippen molar-refractivity contribution in [1.29, 1.82) is 0 Å². The van der Waals surface area contributed by atoms with Gasteiger partial charge in [0.05, 0.1) is 13.1 Å². The second kappa shape index (κ2) is 5.42. The van der Waals surface area contributed by atoms with E-state index in [2.05, 4.69) is 15.4 Å². The van der Waals surface area contributed by atoms with E-state index >= 15 is 0 Å². The zero-order valence-electron chi connectivity index (χ0n) is 11.7. The van der Waals surface area contributed by atoms with Gasteiger partial charge in [-0.3, -0.25) is 9.69 Å². The third-order valence-corrected chi connectivity index (χ3v) is 4.24. The number of urea groups is 1. The van der Waals surface area contributed by atoms with E-state index in [0.29, 0.717) is 18.7 Å². The fourth-order valence-corrected chi connectivity index (χ4v) is 3.13. The van der Waals surface area contributed by atoms with Gasteiger partial charge in [0.1, 0.15) is 24.4 Å². The summed E-state index contributed by atoms with van der Waals surface area (Å²) < 4.78 is 13.8. The number of carbonyl (C=O) groups excluding carboxylic acids is 2. The normalized spacial score (nSPS) is 21.1. The SMILES string of the molecule is O=C1NC2(CCCCC2)C(=O)N1Cc1ncnn1CCF. The maximum atomic E-state index is 12.6. The third-order valence-electron chi connectivity index (χ3n) is 4.24. The number of hydrogen-bond donors (Lipinski definition) is 1. The molecule has 0 bridgehead atoms. The molecule has 1 aliphatic heterocycles. The molecule has 1 spiro atoms. The van der Waals surface area contributed by atoms with Crippen LogP contribution in [0.1, 0.15) is 37.9 Å². The quantitative estimate of drug-likeness (QED) is 0.840. The molecule has 1 N–H and O–H groups in total. The molecule has 1 aromatic heterocycles. The zero-order chi connectivity index (χ0) is 14.9. The minimum absolute atomic E-state index is 0.0341. The van der Waals surface area contributed by atoms with Gasteiger partial charge in [-0.1, -0.05) is 19.3 Å². The molecule has 1 aromatic rings. The molecule has 7 nitrogen and oxygen atoms in total. The highest BCUT2D eigenvalue weighted by Crippen LogP contribution is 2.34. The van der Waals surface area contributed by atoms with Gasteiger partial charge in [-0.2, -0.15) is 5.10 Å². The van der Waals surface area contributed by atoms with Gasteiger partial charge in [-0.25, -0.2) is 18.9 Å². The number of imide groups is 1. The minimum atomic E-state index is -0.736. The van der Waals surface area contributed by atoms with Crippen LogP contribution in [0.4, 0.5) is 9.18 Å². The number of nitrogens with one attached hydrogen (secondary N) is 1. The molecule has 0 atom stereocenters. The average Bonchev–Trinajstić information content (AvgIpc) is 3.00. The zero-order valence-corrected chi connectivity index (χ0v) is 11.7. The van der Waals surface area contributed by atoms with Gasteiger partial charge in [-0.15, -0.1) is 0 Å². The smallest absolute Gasteiger partial charge is 0.323 e. The maximum Gasteiger partial charge on any atom is 0.325 e. The number of rotatable bonds is 4. The van der Waals surface area contributed by atoms with E-state index in [4.69, 9.17) is 0 Å². The van der Waals surface area contributed by atoms with Crippen LogP contribution in [0.3, 0.4) is 0 Å². The van der Waals surface area contributed by atoms with Gasteiger partial charge >= 0.3 is 6.03 Å². The Morgan fingerprint density at radius 1 is 1.29 bits per heavy atom. The van der Waals surface area contributed by atoms with E-state index in [1.54, 1.807) is 0 Å². The maximum absolute atomic E-state index is 12.6. The van der Waals surface area contributed by atoms with Crippen LogP contribution in [0.5, 0.6) is 0 Å². The van der Waals surface area contributed by atoms with Crippen molar-refractivity contribution in [2.24, 2.45) is 0 Å². The first-order valence-electron chi connectivity index (χ1n) is 7.23. The van der Waals surface area contributed by atoms with Crippen molar-refractivity contribution in [3.05, 3.63) is 12.2 Å². The van der Waals surface area contributed by atoms with E-state index in [-0.39, 0.29) is 19.0 Å². The molecule has 1 saturated heterocycles. The lowest BCUT2D eigenvalue weighted by molar-refractivity contribution is -0.132. The molecule has 8 heteroatoms. The standard InChI is InChI=1S/C13H18FN5O2/c14-6-7-19-10(15-9-16-19)8-18-11(20)13(17-12(18)21)4-2-1-3-5-13/h9H,1-8H2,(H,17,21). The molecule has 2 heterocycles. The molecule has 2 fully saturated rings. The Kier molecular flexibility index (Phi) is 3.60. The van der Waals surface area contributed by atoms with Gasteiger partial charge in [0.25, 0.3) is 5.91 Å².